The van der Waals surface area contributed by atoms with E-state index in [-0.39, 0.29) is 0 Å². The van der Waals surface area contributed by atoms with Gasteiger partial charge in [-0.25, -0.2) is 8.42 Å². The first-order chi connectivity index (χ1) is 4.17. The van der Waals surface area contributed by atoms with E-state index in [9.17, 15) is 8.42 Å². The molecule has 0 saturated heterocycles. The van der Waals surface area contributed by atoms with Gasteiger partial charge in [-0.05, 0) is 18.6 Å². The van der Waals surface area contributed by atoms with Gasteiger partial charge in [0.05, 0.1) is 0 Å². The lowest BCUT2D eigenvalue weighted by Crippen LogP contribution is -1.93. The fourth-order valence-electron chi connectivity index (χ4n) is 0.751. The fourth-order valence-corrected chi connectivity index (χ4v) is 1.88. The maximum Gasteiger partial charge on any atom is 0.195 e. The minimum absolute atomic E-state index is 0.516. The van der Waals surface area contributed by atoms with Crippen molar-refractivity contribution in [3.05, 3.63) is 22.5 Å². The van der Waals surface area contributed by atoms with Crippen molar-refractivity contribution in [1.29, 1.82) is 0 Å². The molecule has 0 bridgehead atoms. The smallest absolute Gasteiger partial charge is 0.195 e. The molecule has 0 aromatic carbocycles. The maximum atomic E-state index is 10.8. The van der Waals surface area contributed by atoms with Crippen LogP contribution in [-0.4, -0.2) is 8.42 Å². The van der Waals surface area contributed by atoms with Crippen LogP contribution >= 0.6 is 0 Å². The van der Waals surface area contributed by atoms with E-state index in [1.807, 2.05) is 6.92 Å². The number of sulfone groups is 1. The van der Waals surface area contributed by atoms with E-state index in [4.69, 9.17) is 0 Å². The Kier molecular flexibility index (Phi) is 1.45. The second-order valence-corrected chi connectivity index (χ2v) is 3.75. The molecule has 0 amide bonds. The van der Waals surface area contributed by atoms with Crippen molar-refractivity contribution in [2.45, 2.75) is 13.3 Å². The van der Waals surface area contributed by atoms with E-state index in [2.05, 4.69) is 0 Å². The van der Waals surface area contributed by atoms with Crippen LogP contribution in [0.15, 0.2) is 22.5 Å². The van der Waals surface area contributed by atoms with E-state index in [1.54, 1.807) is 12.2 Å². The standard InChI is InChI=1S/C6H8O2S/c1-2-6-4-3-5-9(6,7)8/h3-5H,2H2,1H3. The molecule has 1 rings (SSSR count). The number of allylic oxidation sites excluding steroid dienone is 3. The SMILES string of the molecule is CCC1=CC=CS1(=O)=O. The molecule has 0 atom stereocenters. The summed E-state index contributed by atoms with van der Waals surface area (Å²) in [5, 5.41) is 1.23. The van der Waals surface area contributed by atoms with Gasteiger partial charge in [0.15, 0.2) is 9.84 Å². The predicted octanol–water partition coefficient (Wildman–Crippen LogP) is 1.22. The highest BCUT2D eigenvalue weighted by atomic mass is 32.2. The van der Waals surface area contributed by atoms with Gasteiger partial charge in [0.1, 0.15) is 0 Å². The Morgan fingerprint density at radius 2 is 2.22 bits per heavy atom. The van der Waals surface area contributed by atoms with Crippen molar-refractivity contribution in [3.8, 4) is 0 Å². The molecule has 2 nitrogen and oxygen atoms in total. The van der Waals surface area contributed by atoms with E-state index < -0.39 is 9.84 Å². The first kappa shape index (κ1) is 6.55. The minimum atomic E-state index is -2.96. The first-order valence-electron chi connectivity index (χ1n) is 2.79. The zero-order chi connectivity index (χ0) is 6.91. The molecule has 0 aromatic rings. The summed E-state index contributed by atoms with van der Waals surface area (Å²) in [5.74, 6) is 0. The van der Waals surface area contributed by atoms with Gasteiger partial charge < -0.3 is 0 Å². The maximum absolute atomic E-state index is 10.8. The second kappa shape index (κ2) is 1.99. The summed E-state index contributed by atoms with van der Waals surface area (Å²) in [5.41, 5.74) is 0. The monoisotopic (exact) mass is 144 g/mol. The summed E-state index contributed by atoms with van der Waals surface area (Å²) < 4.78 is 21.7. The topological polar surface area (TPSA) is 34.1 Å². The lowest BCUT2D eigenvalue weighted by molar-refractivity contribution is 0.609. The Hall–Kier alpha value is -0.570. The molecule has 1 heterocycles. The van der Waals surface area contributed by atoms with Crippen LogP contribution in [-0.2, 0) is 9.84 Å². The molecule has 0 N–H and O–H groups in total. The van der Waals surface area contributed by atoms with Crippen LogP contribution in [0.3, 0.4) is 0 Å². The number of rotatable bonds is 1. The molecule has 3 heteroatoms. The molecule has 0 aliphatic carbocycles. The number of hydrogen-bond donors (Lipinski definition) is 0. The third-order valence-corrected chi connectivity index (χ3v) is 2.92. The van der Waals surface area contributed by atoms with Crippen LogP contribution in [0.5, 0.6) is 0 Å². The molecule has 0 spiro atoms. The van der Waals surface area contributed by atoms with Crippen molar-refractivity contribution >= 4 is 9.84 Å². The molecular formula is C6H8O2S. The van der Waals surface area contributed by atoms with Crippen molar-refractivity contribution < 1.29 is 8.42 Å². The Labute approximate surface area is 54.8 Å². The third-order valence-electron chi connectivity index (χ3n) is 1.25. The summed E-state index contributed by atoms with van der Waals surface area (Å²) in [6.45, 7) is 1.83. The Balaban J connectivity index is 3.07. The van der Waals surface area contributed by atoms with Crippen LogP contribution in [0.2, 0.25) is 0 Å². The molecule has 0 fully saturated rings. The van der Waals surface area contributed by atoms with E-state index in [1.165, 1.54) is 5.41 Å². The average molecular weight is 144 g/mol. The molecular weight excluding hydrogens is 136 g/mol. The Bertz CT molecular complexity index is 257. The summed E-state index contributed by atoms with van der Waals surface area (Å²) in [7, 11) is -2.96. The molecule has 0 aromatic heterocycles. The highest BCUT2D eigenvalue weighted by Gasteiger charge is 2.14. The van der Waals surface area contributed by atoms with Crippen LogP contribution in [0.25, 0.3) is 0 Å². The quantitative estimate of drug-likeness (QED) is 0.554. The zero-order valence-corrected chi connectivity index (χ0v) is 5.98. The summed E-state index contributed by atoms with van der Waals surface area (Å²) in [6.07, 6.45) is 3.79. The van der Waals surface area contributed by atoms with Crippen LogP contribution in [0, 0.1) is 0 Å². The fraction of sp³-hybridized carbons (Fsp3) is 0.333. The highest BCUT2D eigenvalue weighted by molar-refractivity contribution is 7.98. The van der Waals surface area contributed by atoms with Crippen molar-refractivity contribution in [2.75, 3.05) is 0 Å². The predicted molar refractivity (Wildman–Crippen MR) is 36.4 cm³/mol. The average Bonchev–Trinajstić information content (AvgIpc) is 2.08. The van der Waals surface area contributed by atoms with E-state index in [0.29, 0.717) is 11.3 Å². The van der Waals surface area contributed by atoms with Gasteiger partial charge in [0.25, 0.3) is 0 Å². The van der Waals surface area contributed by atoms with Crippen molar-refractivity contribution in [1.82, 2.24) is 0 Å². The summed E-state index contributed by atoms with van der Waals surface area (Å²) >= 11 is 0. The lowest BCUT2D eigenvalue weighted by Gasteiger charge is -1.92. The van der Waals surface area contributed by atoms with Crippen molar-refractivity contribution in [2.24, 2.45) is 0 Å². The zero-order valence-electron chi connectivity index (χ0n) is 5.16. The summed E-state index contributed by atoms with van der Waals surface area (Å²) in [6, 6.07) is 0. The van der Waals surface area contributed by atoms with Gasteiger partial charge >= 0.3 is 0 Å². The van der Waals surface area contributed by atoms with Gasteiger partial charge in [0.2, 0.25) is 0 Å². The lowest BCUT2D eigenvalue weighted by atomic mass is 10.4. The molecule has 0 unspecified atom stereocenters. The van der Waals surface area contributed by atoms with E-state index >= 15 is 0 Å². The minimum Gasteiger partial charge on any atom is -0.219 e. The third kappa shape index (κ3) is 1.05. The first-order valence-corrected chi connectivity index (χ1v) is 4.34. The van der Waals surface area contributed by atoms with Gasteiger partial charge in [-0.3, -0.25) is 0 Å². The van der Waals surface area contributed by atoms with E-state index in [0.717, 1.165) is 0 Å². The normalized spacial score (nSPS) is 22.1. The van der Waals surface area contributed by atoms with Crippen LogP contribution in [0.1, 0.15) is 13.3 Å². The summed E-state index contributed by atoms with van der Waals surface area (Å²) in [4.78, 5) is 0.516. The highest BCUT2D eigenvalue weighted by Crippen LogP contribution is 2.18. The van der Waals surface area contributed by atoms with Gasteiger partial charge in [-0.2, -0.15) is 0 Å². The van der Waals surface area contributed by atoms with Crippen LogP contribution in [0.4, 0.5) is 0 Å². The molecule has 9 heavy (non-hydrogen) atoms. The molecule has 0 radical (unpaired) electrons. The second-order valence-electron chi connectivity index (χ2n) is 1.86. The molecule has 50 valence electrons. The van der Waals surface area contributed by atoms with Gasteiger partial charge in [-0.15, -0.1) is 0 Å². The van der Waals surface area contributed by atoms with Crippen LogP contribution < -0.4 is 0 Å². The van der Waals surface area contributed by atoms with Crippen molar-refractivity contribution in [3.63, 3.8) is 0 Å². The largest absolute Gasteiger partial charge is 0.219 e. The van der Waals surface area contributed by atoms with Gasteiger partial charge in [-0.1, -0.05) is 6.92 Å². The van der Waals surface area contributed by atoms with Gasteiger partial charge in [0, 0.05) is 10.3 Å². The number of hydrogen-bond acceptors (Lipinski definition) is 2. The molecule has 1 aliphatic heterocycles. The Morgan fingerprint density at radius 1 is 1.56 bits per heavy atom. The Morgan fingerprint density at radius 3 is 2.44 bits per heavy atom. The molecule has 1 aliphatic rings. The molecule has 0 saturated carbocycles.